The zero-order chi connectivity index (χ0) is 18.2. The second-order valence-electron chi connectivity index (χ2n) is 6.13. The number of hydrogen-bond donors (Lipinski definition) is 1. The number of anilines is 1. The lowest BCUT2D eigenvalue weighted by Gasteiger charge is -2.28. The van der Waals surface area contributed by atoms with Crippen LogP contribution in [-0.2, 0) is 21.8 Å². The van der Waals surface area contributed by atoms with E-state index in [1.165, 1.54) is 5.69 Å². The molecule has 26 heavy (non-hydrogen) atoms. The maximum absolute atomic E-state index is 12.0. The van der Waals surface area contributed by atoms with Crippen molar-refractivity contribution in [3.05, 3.63) is 64.7 Å². The standard InChI is InChI=1S/C20H23ClN2O2S/c21-19-4-2-1-3-17(19)14-26-15-20(24)22-13-16-5-7-18(8-6-16)23-9-11-25-12-10-23/h1-8H,9-15H2,(H,22,24). The number of ether oxygens (including phenoxy) is 1. The zero-order valence-corrected chi connectivity index (χ0v) is 16.2. The van der Waals surface area contributed by atoms with Gasteiger partial charge in [-0.05, 0) is 29.3 Å². The fourth-order valence-electron chi connectivity index (χ4n) is 2.77. The first-order chi connectivity index (χ1) is 12.7. The molecule has 0 atom stereocenters. The lowest BCUT2D eigenvalue weighted by Crippen LogP contribution is -2.36. The van der Waals surface area contributed by atoms with E-state index in [0.29, 0.717) is 12.3 Å². The van der Waals surface area contributed by atoms with Crippen LogP contribution in [0.2, 0.25) is 5.02 Å². The number of nitrogens with zero attached hydrogens (tertiary/aromatic N) is 1. The van der Waals surface area contributed by atoms with E-state index in [0.717, 1.165) is 48.2 Å². The van der Waals surface area contributed by atoms with Crippen LogP contribution in [0, 0.1) is 0 Å². The summed E-state index contributed by atoms with van der Waals surface area (Å²) in [6.45, 7) is 3.97. The van der Waals surface area contributed by atoms with Crippen molar-refractivity contribution in [2.45, 2.75) is 12.3 Å². The largest absolute Gasteiger partial charge is 0.378 e. The van der Waals surface area contributed by atoms with Crippen molar-refractivity contribution in [1.82, 2.24) is 5.32 Å². The van der Waals surface area contributed by atoms with E-state index < -0.39 is 0 Å². The second-order valence-corrected chi connectivity index (χ2v) is 7.52. The Balaban J connectivity index is 1.39. The number of morpholine rings is 1. The van der Waals surface area contributed by atoms with Crippen LogP contribution in [-0.4, -0.2) is 38.0 Å². The molecular weight excluding hydrogens is 368 g/mol. The van der Waals surface area contributed by atoms with Crippen molar-refractivity contribution >= 4 is 35.0 Å². The average Bonchev–Trinajstić information content (AvgIpc) is 2.69. The number of nitrogens with one attached hydrogen (secondary N) is 1. The third-order valence-corrected chi connectivity index (χ3v) is 5.60. The molecule has 1 fully saturated rings. The van der Waals surface area contributed by atoms with Gasteiger partial charge in [0.2, 0.25) is 5.91 Å². The van der Waals surface area contributed by atoms with Crippen molar-refractivity contribution in [3.8, 4) is 0 Å². The van der Waals surface area contributed by atoms with Gasteiger partial charge in [0.1, 0.15) is 0 Å². The molecule has 1 heterocycles. The smallest absolute Gasteiger partial charge is 0.230 e. The highest BCUT2D eigenvalue weighted by Crippen LogP contribution is 2.20. The van der Waals surface area contributed by atoms with E-state index in [9.17, 15) is 4.79 Å². The summed E-state index contributed by atoms with van der Waals surface area (Å²) in [4.78, 5) is 14.3. The van der Waals surface area contributed by atoms with Gasteiger partial charge in [-0.15, -0.1) is 11.8 Å². The fraction of sp³-hybridized carbons (Fsp3) is 0.350. The first kappa shape index (κ1) is 19.1. The summed E-state index contributed by atoms with van der Waals surface area (Å²) in [5.74, 6) is 1.21. The normalized spacial score (nSPS) is 14.3. The molecule has 4 nitrogen and oxygen atoms in total. The lowest BCUT2D eigenvalue weighted by atomic mass is 10.2. The van der Waals surface area contributed by atoms with Gasteiger partial charge in [-0.2, -0.15) is 0 Å². The quantitative estimate of drug-likeness (QED) is 0.782. The molecule has 0 bridgehead atoms. The van der Waals surface area contributed by atoms with Crippen LogP contribution in [0.1, 0.15) is 11.1 Å². The number of benzene rings is 2. The molecular formula is C20H23ClN2O2S. The summed E-state index contributed by atoms with van der Waals surface area (Å²) in [5.41, 5.74) is 3.37. The minimum absolute atomic E-state index is 0.0410. The summed E-state index contributed by atoms with van der Waals surface area (Å²) in [6, 6.07) is 16.1. The minimum atomic E-state index is 0.0410. The molecule has 1 aliphatic rings. The molecule has 0 unspecified atom stereocenters. The molecule has 1 N–H and O–H groups in total. The van der Waals surface area contributed by atoms with Crippen LogP contribution in [0.15, 0.2) is 48.5 Å². The monoisotopic (exact) mass is 390 g/mol. The molecule has 2 aromatic carbocycles. The predicted molar refractivity (Wildman–Crippen MR) is 109 cm³/mol. The van der Waals surface area contributed by atoms with E-state index in [4.69, 9.17) is 16.3 Å². The molecule has 0 spiro atoms. The maximum atomic E-state index is 12.0. The van der Waals surface area contributed by atoms with Crippen LogP contribution in [0.3, 0.4) is 0 Å². The van der Waals surface area contributed by atoms with Gasteiger partial charge in [-0.25, -0.2) is 0 Å². The van der Waals surface area contributed by atoms with E-state index in [1.807, 2.05) is 24.3 Å². The van der Waals surface area contributed by atoms with Crippen molar-refractivity contribution < 1.29 is 9.53 Å². The summed E-state index contributed by atoms with van der Waals surface area (Å²) in [7, 11) is 0. The highest BCUT2D eigenvalue weighted by atomic mass is 35.5. The zero-order valence-electron chi connectivity index (χ0n) is 14.6. The molecule has 0 aliphatic carbocycles. The van der Waals surface area contributed by atoms with Gasteiger partial charge in [-0.3, -0.25) is 4.79 Å². The number of amides is 1. The molecule has 1 saturated heterocycles. The van der Waals surface area contributed by atoms with Crippen molar-refractivity contribution in [3.63, 3.8) is 0 Å². The Morgan fingerprint density at radius 2 is 1.85 bits per heavy atom. The summed E-state index contributed by atoms with van der Waals surface area (Å²) in [5, 5.41) is 3.72. The minimum Gasteiger partial charge on any atom is -0.378 e. The Morgan fingerprint density at radius 1 is 1.12 bits per heavy atom. The predicted octanol–water partition coefficient (Wildman–Crippen LogP) is 3.73. The van der Waals surface area contributed by atoms with Gasteiger partial charge in [-0.1, -0.05) is 41.9 Å². The third-order valence-electron chi connectivity index (χ3n) is 4.25. The van der Waals surface area contributed by atoms with Gasteiger partial charge in [0.15, 0.2) is 0 Å². The van der Waals surface area contributed by atoms with E-state index >= 15 is 0 Å². The Morgan fingerprint density at radius 3 is 2.58 bits per heavy atom. The number of carbonyl (C=O) groups is 1. The van der Waals surface area contributed by atoms with Gasteiger partial charge in [0, 0.05) is 36.1 Å². The van der Waals surface area contributed by atoms with E-state index in [1.54, 1.807) is 11.8 Å². The first-order valence-electron chi connectivity index (χ1n) is 8.72. The summed E-state index contributed by atoms with van der Waals surface area (Å²) < 4.78 is 5.38. The Labute approximate surface area is 163 Å². The Kier molecular flexibility index (Phi) is 7.23. The van der Waals surface area contributed by atoms with Crippen molar-refractivity contribution in [2.75, 3.05) is 37.0 Å². The lowest BCUT2D eigenvalue weighted by molar-refractivity contribution is -0.118. The molecule has 2 aromatic rings. The molecule has 6 heteroatoms. The molecule has 1 amide bonds. The van der Waals surface area contributed by atoms with Gasteiger partial charge < -0.3 is 15.0 Å². The first-order valence-corrected chi connectivity index (χ1v) is 10.2. The van der Waals surface area contributed by atoms with Crippen LogP contribution in [0.4, 0.5) is 5.69 Å². The highest BCUT2D eigenvalue weighted by Gasteiger charge is 2.11. The van der Waals surface area contributed by atoms with Crippen molar-refractivity contribution in [2.24, 2.45) is 0 Å². The number of carbonyl (C=O) groups excluding carboxylic acids is 1. The molecule has 3 rings (SSSR count). The fourth-order valence-corrected chi connectivity index (χ4v) is 3.91. The van der Waals surface area contributed by atoms with Gasteiger partial charge in [0.25, 0.3) is 0 Å². The Hall–Kier alpha value is -1.69. The number of halogens is 1. The topological polar surface area (TPSA) is 41.6 Å². The molecule has 0 radical (unpaired) electrons. The highest BCUT2D eigenvalue weighted by molar-refractivity contribution is 7.99. The van der Waals surface area contributed by atoms with Crippen LogP contribution < -0.4 is 10.2 Å². The average molecular weight is 391 g/mol. The summed E-state index contributed by atoms with van der Waals surface area (Å²) >= 11 is 7.70. The summed E-state index contributed by atoms with van der Waals surface area (Å²) in [6.07, 6.45) is 0. The maximum Gasteiger partial charge on any atom is 0.230 e. The van der Waals surface area contributed by atoms with E-state index in [2.05, 4.69) is 34.5 Å². The Bertz CT molecular complexity index is 718. The van der Waals surface area contributed by atoms with Crippen LogP contribution in [0.5, 0.6) is 0 Å². The molecule has 1 aliphatic heterocycles. The number of thioether (sulfide) groups is 1. The third kappa shape index (κ3) is 5.66. The molecule has 138 valence electrons. The number of rotatable bonds is 7. The number of hydrogen-bond acceptors (Lipinski definition) is 4. The second kappa shape index (κ2) is 9.86. The van der Waals surface area contributed by atoms with E-state index in [-0.39, 0.29) is 5.91 Å². The van der Waals surface area contributed by atoms with Crippen LogP contribution in [0.25, 0.3) is 0 Å². The SMILES string of the molecule is O=C(CSCc1ccccc1Cl)NCc1ccc(N2CCOCC2)cc1. The van der Waals surface area contributed by atoms with Gasteiger partial charge in [0.05, 0.1) is 19.0 Å². The molecule has 0 saturated carbocycles. The van der Waals surface area contributed by atoms with Gasteiger partial charge >= 0.3 is 0 Å². The van der Waals surface area contributed by atoms with Crippen molar-refractivity contribution in [1.29, 1.82) is 0 Å². The van der Waals surface area contributed by atoms with Crippen LogP contribution >= 0.6 is 23.4 Å². The molecule has 0 aromatic heterocycles.